The summed E-state index contributed by atoms with van der Waals surface area (Å²) in [5.74, 6) is 0. The van der Waals surface area contributed by atoms with E-state index < -0.39 is 0 Å². The molecule has 0 saturated carbocycles. The molecule has 0 saturated heterocycles. The topological polar surface area (TPSA) is 42.2 Å². The van der Waals surface area contributed by atoms with Gasteiger partial charge in [-0.15, -0.1) is 17.9 Å². The van der Waals surface area contributed by atoms with Crippen LogP contribution in [0, 0.1) is 0 Å². The average molecular weight is 369 g/mol. The predicted octanol–water partition coefficient (Wildman–Crippen LogP) is 4.57. The molecule has 2 aromatic heterocycles. The molecule has 2 heterocycles. The normalized spacial score (nSPS) is 11.3. The molecule has 0 radical (unpaired) electrons. The molecule has 0 bridgehead atoms. The van der Waals surface area contributed by atoms with Crippen molar-refractivity contribution in [3.8, 4) is 11.3 Å². The van der Waals surface area contributed by atoms with Gasteiger partial charge in [0.25, 0.3) is 0 Å². The zero-order valence-corrected chi connectivity index (χ0v) is 15.1. The summed E-state index contributed by atoms with van der Waals surface area (Å²) >= 11 is 7.55. The largest absolute Gasteiger partial charge is 0.290 e. The first-order valence-corrected chi connectivity index (χ1v) is 8.90. The maximum Gasteiger partial charge on any atom is 0.204 e. The molecule has 126 valence electrons. The molecule has 0 atom stereocenters. The van der Waals surface area contributed by atoms with Crippen molar-refractivity contribution in [3.05, 3.63) is 88.8 Å². The van der Waals surface area contributed by atoms with E-state index in [-0.39, 0.29) is 0 Å². The number of halogens is 1. The van der Waals surface area contributed by atoms with Crippen molar-refractivity contribution in [3.63, 3.8) is 0 Å². The Kier molecular flexibility index (Phi) is 5.48. The highest BCUT2D eigenvalue weighted by atomic mass is 35.5. The molecule has 6 heteroatoms. The smallest absolute Gasteiger partial charge is 0.204 e. The van der Waals surface area contributed by atoms with E-state index in [1.165, 1.54) is 0 Å². The SMILES string of the molecule is C=CCN=c1scc(-c2ccc(Cl)cc2)n1NC(=C)c1ccccn1. The van der Waals surface area contributed by atoms with Crippen LogP contribution in [0.4, 0.5) is 0 Å². The van der Waals surface area contributed by atoms with Crippen LogP contribution in [0.1, 0.15) is 5.69 Å². The summed E-state index contributed by atoms with van der Waals surface area (Å²) in [6.45, 7) is 8.36. The highest BCUT2D eigenvalue weighted by Crippen LogP contribution is 2.22. The number of pyridine rings is 1. The predicted molar refractivity (Wildman–Crippen MR) is 106 cm³/mol. The lowest BCUT2D eigenvalue weighted by Gasteiger charge is -2.14. The summed E-state index contributed by atoms with van der Waals surface area (Å²) in [4.78, 5) is 9.70. The highest BCUT2D eigenvalue weighted by Gasteiger charge is 2.10. The fourth-order valence-electron chi connectivity index (χ4n) is 2.23. The summed E-state index contributed by atoms with van der Waals surface area (Å²) in [5, 5.41) is 2.75. The molecule has 0 aliphatic rings. The minimum absolute atomic E-state index is 0.540. The maximum atomic E-state index is 6.01. The quantitative estimate of drug-likeness (QED) is 0.648. The van der Waals surface area contributed by atoms with Gasteiger partial charge in [0.05, 0.1) is 23.6 Å². The Morgan fingerprint density at radius 3 is 2.76 bits per heavy atom. The fourth-order valence-corrected chi connectivity index (χ4v) is 3.21. The van der Waals surface area contributed by atoms with Crippen molar-refractivity contribution in [2.24, 2.45) is 4.99 Å². The lowest BCUT2D eigenvalue weighted by Crippen LogP contribution is -2.25. The third-order valence-electron chi connectivity index (χ3n) is 3.42. The summed E-state index contributed by atoms with van der Waals surface area (Å²) < 4.78 is 1.91. The monoisotopic (exact) mass is 368 g/mol. The summed E-state index contributed by atoms with van der Waals surface area (Å²) in [5.41, 5.74) is 6.77. The first kappa shape index (κ1) is 17.2. The van der Waals surface area contributed by atoms with Crippen LogP contribution in [0.25, 0.3) is 17.0 Å². The van der Waals surface area contributed by atoms with Gasteiger partial charge in [0.2, 0.25) is 4.80 Å². The number of aromatic nitrogens is 2. The van der Waals surface area contributed by atoms with Crippen molar-refractivity contribution >= 4 is 28.6 Å². The lowest BCUT2D eigenvalue weighted by molar-refractivity contribution is 0.902. The summed E-state index contributed by atoms with van der Waals surface area (Å²) in [6.07, 6.45) is 3.50. The third-order valence-corrected chi connectivity index (χ3v) is 4.54. The molecule has 0 spiro atoms. The van der Waals surface area contributed by atoms with E-state index >= 15 is 0 Å². The van der Waals surface area contributed by atoms with Crippen LogP contribution in [-0.2, 0) is 0 Å². The van der Waals surface area contributed by atoms with Crippen LogP contribution in [0.5, 0.6) is 0 Å². The van der Waals surface area contributed by atoms with Crippen molar-refractivity contribution in [1.82, 2.24) is 9.66 Å². The maximum absolute atomic E-state index is 6.01. The van der Waals surface area contributed by atoms with Crippen LogP contribution in [0.15, 0.2) is 78.3 Å². The Balaban J connectivity index is 2.02. The van der Waals surface area contributed by atoms with Crippen LogP contribution in [0.2, 0.25) is 5.02 Å². The Labute approximate surface area is 155 Å². The van der Waals surface area contributed by atoms with E-state index in [1.807, 2.05) is 52.5 Å². The molecule has 0 amide bonds. The van der Waals surface area contributed by atoms with Crippen molar-refractivity contribution in [1.29, 1.82) is 0 Å². The summed E-state index contributed by atoms with van der Waals surface area (Å²) in [6, 6.07) is 13.4. The van der Waals surface area contributed by atoms with Gasteiger partial charge in [0.15, 0.2) is 0 Å². The number of nitrogens with one attached hydrogen (secondary N) is 1. The van der Waals surface area contributed by atoms with Crippen molar-refractivity contribution in [2.75, 3.05) is 12.0 Å². The Hall–Kier alpha value is -2.63. The molecule has 3 rings (SSSR count). The molecule has 0 fully saturated rings. The molecule has 25 heavy (non-hydrogen) atoms. The van der Waals surface area contributed by atoms with Crippen LogP contribution in [0.3, 0.4) is 0 Å². The minimum Gasteiger partial charge on any atom is -0.290 e. The molecule has 4 nitrogen and oxygen atoms in total. The van der Waals surface area contributed by atoms with Crippen LogP contribution in [-0.4, -0.2) is 16.2 Å². The van der Waals surface area contributed by atoms with Gasteiger partial charge in [-0.2, -0.15) is 0 Å². The van der Waals surface area contributed by atoms with Crippen molar-refractivity contribution < 1.29 is 0 Å². The second-order valence-corrected chi connectivity index (χ2v) is 6.45. The Morgan fingerprint density at radius 2 is 2.08 bits per heavy atom. The second kappa shape index (κ2) is 7.96. The number of hydrogen-bond acceptors (Lipinski definition) is 4. The van der Waals surface area contributed by atoms with Crippen LogP contribution < -0.4 is 10.2 Å². The van der Waals surface area contributed by atoms with E-state index in [0.717, 1.165) is 21.8 Å². The van der Waals surface area contributed by atoms with Gasteiger partial charge in [-0.05, 0) is 24.3 Å². The average Bonchev–Trinajstić information content (AvgIpc) is 3.04. The van der Waals surface area contributed by atoms with Gasteiger partial charge in [0.1, 0.15) is 0 Å². The molecule has 0 unspecified atom stereocenters. The van der Waals surface area contributed by atoms with Crippen molar-refractivity contribution in [2.45, 2.75) is 0 Å². The number of thiazole rings is 1. The first-order chi connectivity index (χ1) is 12.2. The zero-order chi connectivity index (χ0) is 17.6. The van der Waals surface area contributed by atoms with Gasteiger partial charge in [-0.3, -0.25) is 15.4 Å². The molecular weight excluding hydrogens is 352 g/mol. The molecule has 0 aliphatic heterocycles. The number of nitrogens with zero attached hydrogens (tertiary/aromatic N) is 3. The number of benzene rings is 1. The molecule has 1 aromatic carbocycles. The van der Waals surface area contributed by atoms with E-state index in [4.69, 9.17) is 11.6 Å². The van der Waals surface area contributed by atoms with Gasteiger partial charge in [-0.1, -0.05) is 42.5 Å². The van der Waals surface area contributed by atoms with E-state index in [1.54, 1.807) is 23.6 Å². The Bertz CT molecular complexity index is 940. The van der Waals surface area contributed by atoms with Crippen LogP contribution >= 0.6 is 22.9 Å². The molecule has 0 aliphatic carbocycles. The van der Waals surface area contributed by atoms with Gasteiger partial charge >= 0.3 is 0 Å². The van der Waals surface area contributed by atoms with Gasteiger partial charge in [0, 0.05) is 22.2 Å². The van der Waals surface area contributed by atoms with E-state index in [0.29, 0.717) is 17.3 Å². The second-order valence-electron chi connectivity index (χ2n) is 5.18. The van der Waals surface area contributed by atoms with E-state index in [2.05, 4.69) is 28.6 Å². The molecular formula is C19H17ClN4S. The van der Waals surface area contributed by atoms with E-state index in [9.17, 15) is 0 Å². The van der Waals surface area contributed by atoms with Gasteiger partial charge < -0.3 is 0 Å². The minimum atomic E-state index is 0.540. The molecule has 3 aromatic rings. The third kappa shape index (κ3) is 4.07. The highest BCUT2D eigenvalue weighted by molar-refractivity contribution is 7.07. The lowest BCUT2D eigenvalue weighted by atomic mass is 10.2. The first-order valence-electron chi connectivity index (χ1n) is 7.64. The molecule has 1 N–H and O–H groups in total. The fraction of sp³-hybridized carbons (Fsp3) is 0.0526. The van der Waals surface area contributed by atoms with Gasteiger partial charge in [-0.25, -0.2) is 4.68 Å². The number of hydrogen-bond donors (Lipinski definition) is 1. The standard InChI is InChI=1S/C19H17ClN4S/c1-3-11-22-19-24(23-14(2)17-6-4-5-12-21-17)18(13-25-19)15-7-9-16(20)10-8-15/h3-10,12-13,23H,1-2,11H2. The number of rotatable bonds is 6. The Morgan fingerprint density at radius 1 is 1.28 bits per heavy atom. The summed E-state index contributed by atoms with van der Waals surface area (Å²) in [7, 11) is 0. The zero-order valence-electron chi connectivity index (χ0n) is 13.5.